The first-order valence-corrected chi connectivity index (χ1v) is 9.85. The second-order valence-electron chi connectivity index (χ2n) is 6.32. The first kappa shape index (κ1) is 19.0. The Labute approximate surface area is 170 Å². The summed E-state index contributed by atoms with van der Waals surface area (Å²) in [5, 5.41) is 15.3. The van der Waals surface area contributed by atoms with Crippen LogP contribution < -0.4 is 10.4 Å². The van der Waals surface area contributed by atoms with Gasteiger partial charge in [0.2, 0.25) is 11.8 Å². The lowest BCUT2D eigenvalue weighted by Gasteiger charge is -2.08. The molecule has 0 saturated heterocycles. The number of aromatic nitrogens is 5. The van der Waals surface area contributed by atoms with E-state index in [4.69, 9.17) is 9.15 Å². The minimum absolute atomic E-state index is 0.181. The highest BCUT2D eigenvalue weighted by Gasteiger charge is 2.20. The van der Waals surface area contributed by atoms with Crippen LogP contribution in [0.1, 0.15) is 23.6 Å². The van der Waals surface area contributed by atoms with Gasteiger partial charge in [0.05, 0.1) is 18.9 Å². The molecule has 4 aromatic rings. The molecule has 2 aromatic heterocycles. The van der Waals surface area contributed by atoms with Gasteiger partial charge in [-0.15, -0.1) is 15.3 Å². The highest BCUT2D eigenvalue weighted by molar-refractivity contribution is 7.99. The number of rotatable bonds is 7. The number of nitrogens with one attached hydrogen (secondary N) is 1. The molecule has 2 heterocycles. The van der Waals surface area contributed by atoms with E-state index in [0.717, 1.165) is 16.9 Å². The van der Waals surface area contributed by atoms with Gasteiger partial charge in [0.1, 0.15) is 5.75 Å². The summed E-state index contributed by atoms with van der Waals surface area (Å²) in [6, 6.07) is 17.2. The van der Waals surface area contributed by atoms with Gasteiger partial charge in [0.25, 0.3) is 0 Å². The number of H-pyrrole nitrogens is 1. The Morgan fingerprint density at radius 3 is 2.62 bits per heavy atom. The summed E-state index contributed by atoms with van der Waals surface area (Å²) in [5.41, 5.74) is 1.57. The minimum atomic E-state index is -0.256. The second kappa shape index (κ2) is 8.36. The van der Waals surface area contributed by atoms with E-state index < -0.39 is 0 Å². The van der Waals surface area contributed by atoms with Crippen molar-refractivity contribution >= 4 is 11.8 Å². The first-order valence-electron chi connectivity index (χ1n) is 8.97. The molecule has 4 rings (SSSR count). The highest BCUT2D eigenvalue weighted by Crippen LogP contribution is 2.34. The summed E-state index contributed by atoms with van der Waals surface area (Å²) in [4.78, 5) is 12.2. The number of ether oxygens (including phenoxy) is 1. The fourth-order valence-corrected chi connectivity index (χ4v) is 3.64. The van der Waals surface area contributed by atoms with Crippen LogP contribution >= 0.6 is 11.8 Å². The highest BCUT2D eigenvalue weighted by atomic mass is 32.2. The maximum Gasteiger partial charge on any atom is 0.344 e. The Morgan fingerprint density at radius 2 is 1.90 bits per heavy atom. The molecule has 0 saturated carbocycles. The van der Waals surface area contributed by atoms with Gasteiger partial charge in [0, 0.05) is 5.56 Å². The quantitative estimate of drug-likeness (QED) is 0.466. The van der Waals surface area contributed by atoms with Crippen LogP contribution in [0.5, 0.6) is 5.75 Å². The van der Waals surface area contributed by atoms with Gasteiger partial charge in [-0.05, 0) is 36.8 Å². The lowest BCUT2D eigenvalue weighted by molar-refractivity contribution is 0.415. The van der Waals surface area contributed by atoms with Gasteiger partial charge in [-0.3, -0.25) is 4.57 Å². The molecule has 0 aliphatic heterocycles. The molecule has 0 amide bonds. The Morgan fingerprint density at radius 1 is 1.14 bits per heavy atom. The van der Waals surface area contributed by atoms with Gasteiger partial charge < -0.3 is 9.15 Å². The van der Waals surface area contributed by atoms with E-state index >= 15 is 0 Å². The SMILES string of the molecule is COc1ccc(-c2nnc([C@H](C)Sc3n[nH]c(=O)n3Cc3ccccc3)o2)cc1. The molecular weight excluding hydrogens is 390 g/mol. The number of benzene rings is 2. The van der Waals surface area contributed by atoms with E-state index in [-0.39, 0.29) is 10.9 Å². The summed E-state index contributed by atoms with van der Waals surface area (Å²) < 4.78 is 12.6. The lowest BCUT2D eigenvalue weighted by atomic mass is 10.2. The smallest absolute Gasteiger partial charge is 0.344 e. The van der Waals surface area contributed by atoms with Crippen LogP contribution in [0, 0.1) is 0 Å². The van der Waals surface area contributed by atoms with E-state index in [0.29, 0.717) is 23.5 Å². The molecule has 0 bridgehead atoms. The summed E-state index contributed by atoms with van der Waals surface area (Å²) in [6.45, 7) is 2.37. The number of thioether (sulfide) groups is 1. The fraction of sp³-hybridized carbons (Fsp3) is 0.200. The fourth-order valence-electron chi connectivity index (χ4n) is 2.76. The number of hydrogen-bond donors (Lipinski definition) is 1. The average molecular weight is 409 g/mol. The largest absolute Gasteiger partial charge is 0.497 e. The number of nitrogens with zero attached hydrogens (tertiary/aromatic N) is 4. The monoisotopic (exact) mass is 409 g/mol. The van der Waals surface area contributed by atoms with Crippen LogP contribution in [-0.2, 0) is 6.54 Å². The van der Waals surface area contributed by atoms with Crippen LogP contribution in [0.4, 0.5) is 0 Å². The van der Waals surface area contributed by atoms with E-state index in [1.807, 2.05) is 61.5 Å². The molecular formula is C20H19N5O3S. The minimum Gasteiger partial charge on any atom is -0.497 e. The third kappa shape index (κ3) is 4.24. The second-order valence-corrected chi connectivity index (χ2v) is 7.63. The number of aromatic amines is 1. The normalized spacial score (nSPS) is 12.1. The van der Waals surface area contributed by atoms with Crippen LogP contribution in [0.25, 0.3) is 11.5 Å². The molecule has 0 fully saturated rings. The molecule has 1 N–H and O–H groups in total. The van der Waals surface area contributed by atoms with E-state index in [1.165, 1.54) is 11.8 Å². The topological polar surface area (TPSA) is 98.8 Å². The van der Waals surface area contributed by atoms with Crippen molar-refractivity contribution in [3.8, 4) is 17.2 Å². The van der Waals surface area contributed by atoms with Crippen molar-refractivity contribution in [1.29, 1.82) is 0 Å². The molecule has 9 heteroatoms. The van der Waals surface area contributed by atoms with Crippen molar-refractivity contribution in [2.75, 3.05) is 7.11 Å². The average Bonchev–Trinajstić information content (AvgIpc) is 3.38. The zero-order chi connectivity index (χ0) is 20.2. The van der Waals surface area contributed by atoms with Gasteiger partial charge in [-0.1, -0.05) is 42.1 Å². The van der Waals surface area contributed by atoms with E-state index in [9.17, 15) is 4.79 Å². The van der Waals surface area contributed by atoms with Crippen molar-refractivity contribution in [3.05, 3.63) is 76.5 Å². The lowest BCUT2D eigenvalue weighted by Crippen LogP contribution is -2.18. The molecule has 0 aliphatic carbocycles. The van der Waals surface area contributed by atoms with Crippen molar-refractivity contribution in [1.82, 2.24) is 25.0 Å². The predicted octanol–water partition coefficient (Wildman–Crippen LogP) is 3.53. The zero-order valence-corrected chi connectivity index (χ0v) is 16.7. The molecule has 0 spiro atoms. The van der Waals surface area contributed by atoms with Crippen LogP contribution in [0.2, 0.25) is 0 Å². The summed E-state index contributed by atoms with van der Waals surface area (Å²) in [6.07, 6.45) is 0. The Hall–Kier alpha value is -3.33. The summed E-state index contributed by atoms with van der Waals surface area (Å²) >= 11 is 1.38. The number of methoxy groups -OCH3 is 1. The molecule has 8 nitrogen and oxygen atoms in total. The third-order valence-corrected chi connectivity index (χ3v) is 5.39. The molecule has 2 aromatic carbocycles. The van der Waals surface area contributed by atoms with Gasteiger partial charge in [-0.25, -0.2) is 9.89 Å². The van der Waals surface area contributed by atoms with Crippen molar-refractivity contribution in [2.45, 2.75) is 23.9 Å². The van der Waals surface area contributed by atoms with Crippen LogP contribution in [0.15, 0.2) is 69.0 Å². The Kier molecular flexibility index (Phi) is 5.48. The van der Waals surface area contributed by atoms with Crippen LogP contribution in [0.3, 0.4) is 0 Å². The summed E-state index contributed by atoms with van der Waals surface area (Å²) in [5.74, 6) is 1.65. The Balaban J connectivity index is 1.51. The van der Waals surface area contributed by atoms with Gasteiger partial charge in [-0.2, -0.15) is 0 Å². The van der Waals surface area contributed by atoms with E-state index in [2.05, 4.69) is 20.4 Å². The van der Waals surface area contributed by atoms with Crippen molar-refractivity contribution in [2.24, 2.45) is 0 Å². The molecule has 29 heavy (non-hydrogen) atoms. The predicted molar refractivity (Wildman–Crippen MR) is 109 cm³/mol. The molecule has 148 valence electrons. The zero-order valence-electron chi connectivity index (χ0n) is 15.9. The first-order chi connectivity index (χ1) is 14.1. The number of hydrogen-bond acceptors (Lipinski definition) is 7. The Bertz CT molecular complexity index is 1130. The third-order valence-electron chi connectivity index (χ3n) is 4.31. The van der Waals surface area contributed by atoms with E-state index in [1.54, 1.807) is 11.7 Å². The summed E-state index contributed by atoms with van der Waals surface area (Å²) in [7, 11) is 1.62. The maximum absolute atomic E-state index is 12.2. The van der Waals surface area contributed by atoms with Crippen molar-refractivity contribution < 1.29 is 9.15 Å². The van der Waals surface area contributed by atoms with Crippen LogP contribution in [-0.4, -0.2) is 32.1 Å². The van der Waals surface area contributed by atoms with Gasteiger partial charge in [0.15, 0.2) is 5.16 Å². The standard InChI is InChI=1S/C20H19N5O3S/c1-13(17-21-22-18(28-17)15-8-10-16(27-2)11-9-15)29-20-24-23-19(26)25(20)12-14-6-4-3-5-7-14/h3-11,13H,12H2,1-2H3,(H,23,26)/t13-/m0/s1. The maximum atomic E-state index is 12.2. The van der Waals surface area contributed by atoms with Gasteiger partial charge >= 0.3 is 5.69 Å². The van der Waals surface area contributed by atoms with Crippen molar-refractivity contribution in [3.63, 3.8) is 0 Å². The molecule has 0 radical (unpaired) electrons. The molecule has 1 atom stereocenters. The molecule has 0 aliphatic rings. The molecule has 0 unspecified atom stereocenters.